The van der Waals surface area contributed by atoms with Crippen molar-refractivity contribution >= 4 is 22.4 Å². The zero-order valence-electron chi connectivity index (χ0n) is 11.0. The molecule has 1 aliphatic heterocycles. The molecule has 0 bridgehead atoms. The first-order valence-electron chi connectivity index (χ1n) is 6.33. The average Bonchev–Trinajstić information content (AvgIpc) is 2.38. The molecule has 20 heavy (non-hydrogen) atoms. The van der Waals surface area contributed by atoms with Crippen molar-refractivity contribution in [1.82, 2.24) is 4.98 Å². The monoisotopic (exact) mass is 307 g/mol. The van der Waals surface area contributed by atoms with Gasteiger partial charge in [-0.05, 0) is 19.1 Å². The largest absolute Gasteiger partial charge is 0.416 e. The fourth-order valence-corrected chi connectivity index (χ4v) is 3.03. The van der Waals surface area contributed by atoms with Crippen LogP contribution < -0.4 is 10.2 Å². The summed E-state index contributed by atoms with van der Waals surface area (Å²) in [5.74, 6) is 1.43. The van der Waals surface area contributed by atoms with Gasteiger partial charge in [0, 0.05) is 41.9 Å². The van der Waals surface area contributed by atoms with Crippen LogP contribution in [0.25, 0.3) is 0 Å². The Bertz CT molecular complexity index is 497. The van der Waals surface area contributed by atoms with E-state index >= 15 is 0 Å². The Hall–Kier alpha value is -1.31. The predicted octanol–water partition coefficient (Wildman–Crippen LogP) is 2.10. The number of rotatable bonds is 3. The molecule has 1 N–H and O–H groups in total. The van der Waals surface area contributed by atoms with Crippen LogP contribution in [-0.4, -0.2) is 40.3 Å². The molecule has 1 aromatic heterocycles. The molecule has 2 rings (SSSR count). The number of nitrogens with one attached hydrogen (secondary N) is 1. The lowest BCUT2D eigenvalue weighted by Gasteiger charge is -2.28. The van der Waals surface area contributed by atoms with Gasteiger partial charge in [0.15, 0.2) is 0 Å². The van der Waals surface area contributed by atoms with Crippen LogP contribution >= 0.6 is 0 Å². The quantitative estimate of drug-likeness (QED) is 0.929. The standard InChI is InChI=1S/C12H16F3N3OS/c1-2-16-10-7-9(12(13,14)15)8-11(17-10)18-3-5-20(19)6-4-18/h7-8H,2-6H2,1H3,(H,16,17). The fourth-order valence-electron chi connectivity index (χ4n) is 1.98. The molecule has 4 nitrogen and oxygen atoms in total. The van der Waals surface area contributed by atoms with E-state index in [0.29, 0.717) is 31.1 Å². The summed E-state index contributed by atoms with van der Waals surface area (Å²) >= 11 is 0. The molecule has 0 saturated carbocycles. The Morgan fingerprint density at radius 1 is 1.35 bits per heavy atom. The highest BCUT2D eigenvalue weighted by Crippen LogP contribution is 2.33. The van der Waals surface area contributed by atoms with E-state index < -0.39 is 22.5 Å². The first-order chi connectivity index (χ1) is 9.40. The Morgan fingerprint density at radius 3 is 2.55 bits per heavy atom. The molecule has 1 saturated heterocycles. The Kier molecular flexibility index (Phi) is 4.52. The van der Waals surface area contributed by atoms with Gasteiger partial charge in [-0.3, -0.25) is 4.21 Å². The molecule has 0 atom stereocenters. The van der Waals surface area contributed by atoms with Gasteiger partial charge in [0.25, 0.3) is 0 Å². The zero-order chi connectivity index (χ0) is 14.8. The highest BCUT2D eigenvalue weighted by Gasteiger charge is 2.32. The van der Waals surface area contributed by atoms with Crippen molar-refractivity contribution in [2.24, 2.45) is 0 Å². The van der Waals surface area contributed by atoms with Crippen LogP contribution in [-0.2, 0) is 17.0 Å². The SMILES string of the molecule is CCNc1cc(C(F)(F)F)cc(N2CCS(=O)CC2)n1. The van der Waals surface area contributed by atoms with Gasteiger partial charge in [0.05, 0.1) is 5.56 Å². The summed E-state index contributed by atoms with van der Waals surface area (Å²) < 4.78 is 50.0. The van der Waals surface area contributed by atoms with Crippen molar-refractivity contribution in [1.29, 1.82) is 0 Å². The van der Waals surface area contributed by atoms with Crippen LogP contribution in [0.2, 0.25) is 0 Å². The Morgan fingerprint density at radius 2 is 2.00 bits per heavy atom. The third kappa shape index (κ3) is 3.62. The summed E-state index contributed by atoms with van der Waals surface area (Å²) in [5, 5.41) is 2.81. The third-order valence-electron chi connectivity index (χ3n) is 3.00. The van der Waals surface area contributed by atoms with Crippen LogP contribution in [0.3, 0.4) is 0 Å². The maximum Gasteiger partial charge on any atom is 0.416 e. The Balaban J connectivity index is 2.31. The second-order valence-electron chi connectivity index (χ2n) is 4.46. The summed E-state index contributed by atoms with van der Waals surface area (Å²) in [6, 6.07) is 2.06. The van der Waals surface area contributed by atoms with Crippen LogP contribution in [0.15, 0.2) is 12.1 Å². The van der Waals surface area contributed by atoms with Crippen LogP contribution in [0, 0.1) is 0 Å². The minimum Gasteiger partial charge on any atom is -0.370 e. The number of halogens is 3. The summed E-state index contributed by atoms with van der Waals surface area (Å²) in [7, 11) is -0.873. The van der Waals surface area contributed by atoms with Crippen molar-refractivity contribution in [3.63, 3.8) is 0 Å². The van der Waals surface area contributed by atoms with E-state index in [1.54, 1.807) is 11.8 Å². The Labute approximate surface area is 117 Å². The van der Waals surface area contributed by atoms with Gasteiger partial charge in [-0.2, -0.15) is 13.2 Å². The topological polar surface area (TPSA) is 45.2 Å². The van der Waals surface area contributed by atoms with Crippen LogP contribution in [0.1, 0.15) is 12.5 Å². The summed E-state index contributed by atoms with van der Waals surface area (Å²) in [6.07, 6.45) is -4.40. The molecule has 0 spiro atoms. The molecule has 8 heteroatoms. The molecule has 1 aliphatic rings. The van der Waals surface area contributed by atoms with Crippen molar-refractivity contribution in [2.75, 3.05) is 41.4 Å². The van der Waals surface area contributed by atoms with E-state index in [9.17, 15) is 17.4 Å². The maximum absolute atomic E-state index is 12.9. The van der Waals surface area contributed by atoms with E-state index in [1.165, 1.54) is 0 Å². The van der Waals surface area contributed by atoms with Crippen molar-refractivity contribution in [2.45, 2.75) is 13.1 Å². The zero-order valence-corrected chi connectivity index (χ0v) is 11.9. The number of nitrogens with zero attached hydrogens (tertiary/aromatic N) is 2. The number of anilines is 2. The average molecular weight is 307 g/mol. The van der Waals surface area contributed by atoms with Gasteiger partial charge in [-0.1, -0.05) is 0 Å². The van der Waals surface area contributed by atoms with E-state index in [4.69, 9.17) is 0 Å². The summed E-state index contributed by atoms with van der Waals surface area (Å²) in [4.78, 5) is 5.95. The van der Waals surface area contributed by atoms with Crippen LogP contribution in [0.5, 0.6) is 0 Å². The second-order valence-corrected chi connectivity index (χ2v) is 6.16. The number of alkyl halides is 3. The molecular formula is C12H16F3N3OS. The number of hydrogen-bond acceptors (Lipinski definition) is 4. The number of hydrogen-bond donors (Lipinski definition) is 1. The normalized spacial score (nSPS) is 17.3. The van der Waals surface area contributed by atoms with Crippen molar-refractivity contribution in [3.8, 4) is 0 Å². The molecular weight excluding hydrogens is 291 g/mol. The van der Waals surface area contributed by atoms with Gasteiger partial charge in [0.1, 0.15) is 11.6 Å². The molecule has 0 aromatic carbocycles. The minimum atomic E-state index is -4.40. The minimum absolute atomic E-state index is 0.212. The maximum atomic E-state index is 12.9. The van der Waals surface area contributed by atoms with Gasteiger partial charge in [-0.25, -0.2) is 4.98 Å². The van der Waals surface area contributed by atoms with E-state index in [1.807, 2.05) is 0 Å². The smallest absolute Gasteiger partial charge is 0.370 e. The van der Waals surface area contributed by atoms with E-state index in [-0.39, 0.29) is 11.6 Å². The second kappa shape index (κ2) is 5.99. The molecule has 0 radical (unpaired) electrons. The lowest BCUT2D eigenvalue weighted by Crippen LogP contribution is -2.38. The van der Waals surface area contributed by atoms with E-state index in [0.717, 1.165) is 12.1 Å². The number of pyridine rings is 1. The van der Waals surface area contributed by atoms with Gasteiger partial charge >= 0.3 is 6.18 Å². The number of aromatic nitrogens is 1. The summed E-state index contributed by atoms with van der Waals surface area (Å²) in [5.41, 5.74) is -0.717. The third-order valence-corrected chi connectivity index (χ3v) is 4.27. The molecule has 0 aliphatic carbocycles. The molecule has 0 unspecified atom stereocenters. The van der Waals surface area contributed by atoms with Crippen LogP contribution in [0.4, 0.5) is 24.8 Å². The first kappa shape index (κ1) is 15.1. The van der Waals surface area contributed by atoms with Gasteiger partial charge in [0.2, 0.25) is 0 Å². The molecule has 1 fully saturated rings. The predicted molar refractivity (Wildman–Crippen MR) is 73.5 cm³/mol. The molecule has 1 aromatic rings. The first-order valence-corrected chi connectivity index (χ1v) is 7.82. The molecule has 112 valence electrons. The van der Waals surface area contributed by atoms with Gasteiger partial charge < -0.3 is 10.2 Å². The van der Waals surface area contributed by atoms with Crippen molar-refractivity contribution < 1.29 is 17.4 Å². The van der Waals surface area contributed by atoms with E-state index in [2.05, 4.69) is 10.3 Å². The van der Waals surface area contributed by atoms with Gasteiger partial charge in [-0.15, -0.1) is 0 Å². The van der Waals surface area contributed by atoms with Crippen molar-refractivity contribution in [3.05, 3.63) is 17.7 Å². The lowest BCUT2D eigenvalue weighted by atomic mass is 10.2. The lowest BCUT2D eigenvalue weighted by molar-refractivity contribution is -0.137. The highest BCUT2D eigenvalue weighted by molar-refractivity contribution is 7.85. The summed E-state index contributed by atoms with van der Waals surface area (Å²) in [6.45, 7) is 3.22. The highest BCUT2D eigenvalue weighted by atomic mass is 32.2. The molecule has 0 amide bonds. The molecule has 2 heterocycles. The fraction of sp³-hybridized carbons (Fsp3) is 0.583.